The van der Waals surface area contributed by atoms with E-state index in [2.05, 4.69) is 10.2 Å². The number of H-pyrrole nitrogens is 1. The Morgan fingerprint density at radius 1 is 1.24 bits per heavy atom. The minimum atomic E-state index is -4.83. The molecule has 0 spiro atoms. The highest BCUT2D eigenvalue weighted by atomic mass is 35.5. The number of nitrogens with zero attached hydrogens (tertiary/aromatic N) is 1. The molecule has 0 fully saturated rings. The molecule has 0 aliphatic rings. The maximum absolute atomic E-state index is 12.4. The monoisotopic (exact) mass is 337 g/mol. The van der Waals surface area contributed by atoms with Crippen molar-refractivity contribution in [1.29, 1.82) is 0 Å². The van der Waals surface area contributed by atoms with Gasteiger partial charge < -0.3 is 0 Å². The molecule has 0 saturated carbocycles. The van der Waals surface area contributed by atoms with Gasteiger partial charge in [-0.2, -0.15) is 18.3 Å². The Morgan fingerprint density at radius 3 is 2.48 bits per heavy atom. The van der Waals surface area contributed by atoms with E-state index in [4.69, 9.17) is 23.2 Å². The van der Waals surface area contributed by atoms with E-state index in [9.17, 15) is 18.0 Å². The average molecular weight is 338 g/mol. The number of halogens is 5. The molecule has 0 radical (unpaired) electrons. The van der Waals surface area contributed by atoms with E-state index < -0.39 is 18.1 Å². The molecular formula is C12H8Cl2F3N3O. The number of nitrogens with one attached hydrogen (secondary N) is 2. The first-order valence-electron chi connectivity index (χ1n) is 5.61. The minimum absolute atomic E-state index is 0.137. The fourth-order valence-electron chi connectivity index (χ4n) is 1.80. The third kappa shape index (κ3) is 3.89. The van der Waals surface area contributed by atoms with Gasteiger partial charge in [-0.05, 0) is 23.8 Å². The fraction of sp³-hybridized carbons (Fsp3) is 0.167. The Balaban J connectivity index is 2.41. The molecule has 0 aliphatic heterocycles. The van der Waals surface area contributed by atoms with Gasteiger partial charge in [0.2, 0.25) is 5.91 Å². The van der Waals surface area contributed by atoms with Crippen molar-refractivity contribution >= 4 is 29.1 Å². The lowest BCUT2D eigenvalue weighted by atomic mass is 9.95. The van der Waals surface area contributed by atoms with Crippen molar-refractivity contribution in [2.45, 2.75) is 12.2 Å². The summed E-state index contributed by atoms with van der Waals surface area (Å²) in [5, 5.41) is 7.48. The maximum Gasteiger partial charge on any atom is 0.484 e. The Hall–Kier alpha value is -1.73. The molecule has 112 valence electrons. The summed E-state index contributed by atoms with van der Waals surface area (Å²) in [6.07, 6.45) is -3.49. The van der Waals surface area contributed by atoms with Gasteiger partial charge in [0.15, 0.2) is 0 Å². The highest BCUT2D eigenvalue weighted by Crippen LogP contribution is 2.30. The first-order chi connectivity index (χ1) is 9.78. The minimum Gasteiger partial charge on any atom is -0.281 e. The number of hydrogen-bond acceptors (Lipinski definition) is 2. The highest BCUT2D eigenvalue weighted by Gasteiger charge is 2.35. The van der Waals surface area contributed by atoms with Crippen LogP contribution >= 0.6 is 23.2 Å². The van der Waals surface area contributed by atoms with E-state index in [1.54, 1.807) is 0 Å². The smallest absolute Gasteiger partial charge is 0.281 e. The van der Waals surface area contributed by atoms with E-state index in [-0.39, 0.29) is 21.3 Å². The second-order valence-electron chi connectivity index (χ2n) is 4.11. The molecule has 1 aromatic heterocycles. The van der Waals surface area contributed by atoms with Crippen LogP contribution < -0.4 is 5.32 Å². The van der Waals surface area contributed by atoms with Gasteiger partial charge in [-0.1, -0.05) is 29.3 Å². The van der Waals surface area contributed by atoms with Crippen LogP contribution in [0.5, 0.6) is 0 Å². The van der Waals surface area contributed by atoms with Crippen LogP contribution in [0.25, 0.3) is 0 Å². The molecule has 1 heterocycles. The molecule has 1 unspecified atom stereocenters. The molecule has 0 saturated heterocycles. The second-order valence-corrected chi connectivity index (χ2v) is 4.92. The van der Waals surface area contributed by atoms with Crippen LogP contribution in [0.2, 0.25) is 10.0 Å². The zero-order valence-electron chi connectivity index (χ0n) is 10.2. The third-order valence-electron chi connectivity index (χ3n) is 2.64. The first kappa shape index (κ1) is 15.7. The van der Waals surface area contributed by atoms with Crippen LogP contribution in [0.15, 0.2) is 30.5 Å². The highest BCUT2D eigenvalue weighted by molar-refractivity contribution is 6.42. The number of benzene rings is 1. The number of aromatic nitrogens is 2. The van der Waals surface area contributed by atoms with Crippen molar-refractivity contribution < 1.29 is 18.0 Å². The third-order valence-corrected chi connectivity index (χ3v) is 3.38. The number of alkyl halides is 3. The molecule has 1 amide bonds. The predicted octanol–water partition coefficient (Wildman–Crippen LogP) is 3.48. The molecule has 1 aromatic carbocycles. The number of carbonyl (C=O) groups excluding carboxylic acids is 1. The summed E-state index contributed by atoms with van der Waals surface area (Å²) >= 11 is 11.6. The molecule has 2 N–H and O–H groups in total. The Morgan fingerprint density at radius 2 is 1.95 bits per heavy atom. The number of rotatable bonds is 3. The quantitative estimate of drug-likeness (QED) is 0.842. The van der Waals surface area contributed by atoms with Crippen LogP contribution in [0, 0.1) is 0 Å². The van der Waals surface area contributed by atoms with Gasteiger partial charge in [0.05, 0.1) is 15.7 Å². The van der Waals surface area contributed by atoms with Crippen molar-refractivity contribution in [3.05, 3.63) is 51.8 Å². The van der Waals surface area contributed by atoms with Crippen LogP contribution in [-0.4, -0.2) is 22.4 Å². The van der Waals surface area contributed by atoms with E-state index >= 15 is 0 Å². The van der Waals surface area contributed by atoms with Gasteiger partial charge in [0.25, 0.3) is 0 Å². The van der Waals surface area contributed by atoms with Gasteiger partial charge in [-0.3, -0.25) is 15.2 Å². The van der Waals surface area contributed by atoms with Crippen LogP contribution in [0.4, 0.5) is 13.2 Å². The van der Waals surface area contributed by atoms with Crippen molar-refractivity contribution in [2.24, 2.45) is 0 Å². The van der Waals surface area contributed by atoms with E-state index in [1.807, 2.05) is 0 Å². The number of aromatic amines is 1. The number of carbonyl (C=O) groups is 1. The van der Waals surface area contributed by atoms with Crippen molar-refractivity contribution in [1.82, 2.24) is 15.5 Å². The lowest BCUT2D eigenvalue weighted by Gasteiger charge is -2.17. The fourth-order valence-corrected chi connectivity index (χ4v) is 2.11. The summed E-state index contributed by atoms with van der Waals surface area (Å²) in [5.74, 6) is -2.48. The zero-order chi connectivity index (χ0) is 15.6. The molecule has 21 heavy (non-hydrogen) atoms. The topological polar surface area (TPSA) is 57.8 Å². The van der Waals surface area contributed by atoms with Crippen LogP contribution in [0.1, 0.15) is 17.2 Å². The summed E-state index contributed by atoms with van der Waals surface area (Å²) in [7, 11) is 0. The van der Waals surface area contributed by atoms with E-state index in [0.717, 1.165) is 5.32 Å². The summed E-state index contributed by atoms with van der Waals surface area (Å²) < 4.78 is 37.1. The van der Waals surface area contributed by atoms with Crippen LogP contribution in [-0.2, 0) is 4.79 Å². The zero-order valence-corrected chi connectivity index (χ0v) is 11.7. The van der Waals surface area contributed by atoms with Gasteiger partial charge in [0.1, 0.15) is 5.92 Å². The van der Waals surface area contributed by atoms with Gasteiger partial charge in [-0.15, -0.1) is 0 Å². The number of hydrogen-bond donors (Lipinski definition) is 2. The molecule has 0 aliphatic carbocycles. The van der Waals surface area contributed by atoms with Crippen molar-refractivity contribution in [3.8, 4) is 0 Å². The normalized spacial score (nSPS) is 13.0. The van der Waals surface area contributed by atoms with Gasteiger partial charge in [-0.25, -0.2) is 0 Å². The van der Waals surface area contributed by atoms with Crippen molar-refractivity contribution in [2.75, 3.05) is 0 Å². The lowest BCUT2D eigenvalue weighted by Crippen LogP contribution is -2.40. The Labute approximate surface area is 127 Å². The largest absolute Gasteiger partial charge is 0.484 e. The summed E-state index contributed by atoms with van der Waals surface area (Å²) in [6, 6.07) is 5.58. The van der Waals surface area contributed by atoms with Gasteiger partial charge >= 0.3 is 6.30 Å². The summed E-state index contributed by atoms with van der Waals surface area (Å²) in [6.45, 7) is 0. The molecule has 4 nitrogen and oxygen atoms in total. The standard InChI is InChI=1S/C12H8Cl2F3N3O/c13-7-2-1-6(5-8(7)14)10(9-3-4-18-20-9)11(21)19-12(15,16)17/h1-5,10H,(H,18,20)(H,19,21). The van der Waals surface area contributed by atoms with E-state index in [0.29, 0.717) is 0 Å². The molecule has 0 bridgehead atoms. The summed E-state index contributed by atoms with van der Waals surface area (Å²) in [4.78, 5) is 11.9. The second kappa shape index (κ2) is 5.95. The summed E-state index contributed by atoms with van der Waals surface area (Å²) in [5.41, 5.74) is 0.463. The maximum atomic E-state index is 12.4. The molecule has 2 rings (SSSR count). The predicted molar refractivity (Wildman–Crippen MR) is 71.1 cm³/mol. The molecule has 9 heteroatoms. The van der Waals surface area contributed by atoms with Crippen molar-refractivity contribution in [3.63, 3.8) is 0 Å². The lowest BCUT2D eigenvalue weighted by molar-refractivity contribution is -0.170. The Bertz CT molecular complexity index is 644. The van der Waals surface area contributed by atoms with Crippen LogP contribution in [0.3, 0.4) is 0 Å². The molecule has 2 aromatic rings. The van der Waals surface area contributed by atoms with Gasteiger partial charge in [0, 0.05) is 6.20 Å². The SMILES string of the molecule is O=C(NC(F)(F)F)C(c1ccc(Cl)c(Cl)c1)c1ccn[nH]1. The average Bonchev–Trinajstić information content (AvgIpc) is 2.85. The molecular weight excluding hydrogens is 330 g/mol. The Kier molecular flexibility index (Phi) is 4.43. The number of amides is 1. The molecule has 1 atom stereocenters. The first-order valence-corrected chi connectivity index (χ1v) is 6.36. The van der Waals surface area contributed by atoms with E-state index in [1.165, 1.54) is 30.5 Å².